The lowest BCUT2D eigenvalue weighted by Crippen LogP contribution is -2.47. The van der Waals surface area contributed by atoms with Crippen molar-refractivity contribution in [2.45, 2.75) is 6.54 Å². The smallest absolute Gasteiger partial charge is 0.267 e. The molecule has 0 bridgehead atoms. The Balaban J connectivity index is 1.38. The van der Waals surface area contributed by atoms with E-state index in [-0.39, 0.29) is 11.8 Å². The van der Waals surface area contributed by atoms with Gasteiger partial charge >= 0.3 is 0 Å². The van der Waals surface area contributed by atoms with Crippen LogP contribution in [0.25, 0.3) is 10.9 Å². The Labute approximate surface area is 161 Å². The normalized spacial score (nSPS) is 14.3. The van der Waals surface area contributed by atoms with Crippen LogP contribution in [0.1, 0.15) is 16.1 Å². The van der Waals surface area contributed by atoms with Crippen molar-refractivity contribution in [1.29, 1.82) is 0 Å². The highest BCUT2D eigenvalue weighted by atomic mass is 35.5. The minimum Gasteiger partial charge on any atom is -0.360 e. The summed E-state index contributed by atoms with van der Waals surface area (Å²) < 4.78 is 0. The molecule has 6 nitrogen and oxygen atoms in total. The lowest BCUT2D eigenvalue weighted by Gasteiger charge is -2.28. The van der Waals surface area contributed by atoms with Gasteiger partial charge in [0.2, 0.25) is 5.91 Å². The van der Waals surface area contributed by atoms with E-state index < -0.39 is 0 Å². The number of hydrogen-bond donors (Lipinski definition) is 3. The minimum absolute atomic E-state index is 0.0391. The first-order valence-corrected chi connectivity index (χ1v) is 9.13. The van der Waals surface area contributed by atoms with E-state index in [0.29, 0.717) is 30.4 Å². The molecule has 1 aliphatic rings. The summed E-state index contributed by atoms with van der Waals surface area (Å²) in [5, 5.41) is 7.30. The van der Waals surface area contributed by atoms with Gasteiger partial charge in [0, 0.05) is 41.2 Å². The number of halogens is 1. The monoisotopic (exact) mass is 382 g/mol. The van der Waals surface area contributed by atoms with Crippen LogP contribution >= 0.6 is 11.6 Å². The number of carbonyl (C=O) groups excluding carboxylic acids is 2. The van der Waals surface area contributed by atoms with Crippen LogP contribution in [0.15, 0.2) is 48.5 Å². The second-order valence-corrected chi connectivity index (χ2v) is 6.97. The zero-order valence-corrected chi connectivity index (χ0v) is 15.3. The number of rotatable bonds is 4. The van der Waals surface area contributed by atoms with Gasteiger partial charge in [0.25, 0.3) is 5.91 Å². The van der Waals surface area contributed by atoms with Gasteiger partial charge in [-0.1, -0.05) is 29.8 Å². The van der Waals surface area contributed by atoms with Gasteiger partial charge in [-0.3, -0.25) is 9.59 Å². The zero-order chi connectivity index (χ0) is 18.8. The molecule has 0 radical (unpaired) electrons. The number of piperazine rings is 1. The van der Waals surface area contributed by atoms with Gasteiger partial charge in [-0.25, -0.2) is 0 Å². The van der Waals surface area contributed by atoms with E-state index >= 15 is 0 Å². The number of aromatic amines is 1. The van der Waals surface area contributed by atoms with Crippen molar-refractivity contribution in [3.63, 3.8) is 0 Å². The lowest BCUT2D eigenvalue weighted by molar-refractivity contribution is -0.120. The quantitative estimate of drug-likeness (QED) is 0.649. The average Bonchev–Trinajstić information content (AvgIpc) is 3.10. The molecule has 3 N–H and O–H groups in total. The van der Waals surface area contributed by atoms with Gasteiger partial charge in [-0.2, -0.15) is 0 Å². The first kappa shape index (κ1) is 17.4. The summed E-state index contributed by atoms with van der Waals surface area (Å²) >= 11 is 5.98. The molecule has 0 saturated carbocycles. The molecule has 0 spiro atoms. The third-order valence-corrected chi connectivity index (χ3v) is 4.86. The highest BCUT2D eigenvalue weighted by Crippen LogP contribution is 2.20. The molecule has 0 unspecified atom stereocenters. The predicted octanol–water partition coefficient (Wildman–Crippen LogP) is 2.69. The second-order valence-electron chi connectivity index (χ2n) is 6.54. The van der Waals surface area contributed by atoms with E-state index in [4.69, 9.17) is 11.6 Å². The van der Waals surface area contributed by atoms with Gasteiger partial charge in [-0.05, 0) is 35.9 Å². The highest BCUT2D eigenvalue weighted by Gasteiger charge is 2.16. The number of fused-ring (bicyclic) bond motifs is 1. The molecule has 3 aromatic rings. The van der Waals surface area contributed by atoms with E-state index in [9.17, 15) is 9.59 Å². The van der Waals surface area contributed by atoms with E-state index in [2.05, 4.69) is 15.6 Å². The molecule has 2 aromatic carbocycles. The summed E-state index contributed by atoms with van der Waals surface area (Å²) in [6, 6.07) is 15.2. The Morgan fingerprint density at radius 1 is 1.15 bits per heavy atom. The van der Waals surface area contributed by atoms with E-state index in [1.165, 1.54) is 0 Å². The fourth-order valence-electron chi connectivity index (χ4n) is 3.18. The molecule has 1 fully saturated rings. The highest BCUT2D eigenvalue weighted by molar-refractivity contribution is 6.31. The molecule has 0 atom stereocenters. The molecule has 1 aliphatic heterocycles. The number of amides is 2. The third-order valence-electron chi connectivity index (χ3n) is 4.62. The molecule has 0 aliphatic carbocycles. The SMILES string of the molecule is O=C1CN(c2ccc(CNC(=O)c3cc4ccc(Cl)cc4[nH]3)cc2)CCN1. The maximum Gasteiger partial charge on any atom is 0.267 e. The first-order valence-electron chi connectivity index (χ1n) is 8.75. The number of H-pyrrole nitrogens is 1. The van der Waals surface area contributed by atoms with Crippen LogP contribution in [0.5, 0.6) is 0 Å². The zero-order valence-electron chi connectivity index (χ0n) is 14.6. The van der Waals surface area contributed by atoms with Gasteiger partial charge < -0.3 is 20.5 Å². The number of nitrogens with one attached hydrogen (secondary N) is 3. The van der Waals surface area contributed by atoms with Crippen molar-refractivity contribution in [1.82, 2.24) is 15.6 Å². The van der Waals surface area contributed by atoms with E-state index in [1.807, 2.05) is 41.3 Å². The summed E-state index contributed by atoms with van der Waals surface area (Å²) in [7, 11) is 0. The molecule has 7 heteroatoms. The van der Waals surface area contributed by atoms with E-state index in [1.54, 1.807) is 12.1 Å². The maximum absolute atomic E-state index is 12.4. The van der Waals surface area contributed by atoms with Gasteiger partial charge in [0.05, 0.1) is 6.54 Å². The minimum atomic E-state index is -0.167. The standard InChI is InChI=1S/C20H19ClN4O2/c21-15-4-3-14-9-18(24-17(14)10-15)20(27)23-11-13-1-5-16(6-2-13)25-8-7-22-19(26)12-25/h1-6,9-10,24H,7-8,11-12H2,(H,22,26)(H,23,27). The molecular formula is C20H19ClN4O2. The van der Waals surface area contributed by atoms with Crippen molar-refractivity contribution < 1.29 is 9.59 Å². The number of nitrogens with zero attached hydrogens (tertiary/aromatic N) is 1. The average molecular weight is 383 g/mol. The molecule has 4 rings (SSSR count). The van der Waals surface area contributed by atoms with Crippen LogP contribution in [-0.4, -0.2) is 36.4 Å². The van der Waals surface area contributed by atoms with Crippen LogP contribution in [0.3, 0.4) is 0 Å². The van der Waals surface area contributed by atoms with Crippen molar-refractivity contribution >= 4 is 40.0 Å². The van der Waals surface area contributed by atoms with Gasteiger partial charge in [0.15, 0.2) is 0 Å². The van der Waals surface area contributed by atoms with Crippen molar-refractivity contribution in [2.75, 3.05) is 24.5 Å². The Morgan fingerprint density at radius 2 is 1.96 bits per heavy atom. The third kappa shape index (κ3) is 3.90. The maximum atomic E-state index is 12.4. The Bertz CT molecular complexity index is 997. The fourth-order valence-corrected chi connectivity index (χ4v) is 3.35. The second kappa shape index (κ2) is 7.32. The summed E-state index contributed by atoms with van der Waals surface area (Å²) in [5.41, 5.74) is 3.34. The lowest BCUT2D eigenvalue weighted by atomic mass is 10.1. The van der Waals surface area contributed by atoms with Crippen molar-refractivity contribution in [2.24, 2.45) is 0 Å². The number of aromatic nitrogens is 1. The molecule has 1 saturated heterocycles. The number of hydrogen-bond acceptors (Lipinski definition) is 3. The molecule has 27 heavy (non-hydrogen) atoms. The largest absolute Gasteiger partial charge is 0.360 e. The van der Waals surface area contributed by atoms with E-state index in [0.717, 1.165) is 28.7 Å². The summed E-state index contributed by atoms with van der Waals surface area (Å²) in [5.74, 6) is -0.128. The van der Waals surface area contributed by atoms with Gasteiger partial charge in [0.1, 0.15) is 5.69 Å². The number of benzene rings is 2. The number of carbonyl (C=O) groups is 2. The van der Waals surface area contributed by atoms with Crippen LogP contribution in [0.2, 0.25) is 5.02 Å². The Kier molecular flexibility index (Phi) is 4.73. The molecule has 1 aromatic heterocycles. The summed E-state index contributed by atoms with van der Waals surface area (Å²) in [6.07, 6.45) is 0. The molecule has 2 heterocycles. The number of anilines is 1. The van der Waals surface area contributed by atoms with Crippen molar-refractivity contribution in [3.8, 4) is 0 Å². The van der Waals surface area contributed by atoms with Crippen LogP contribution in [0.4, 0.5) is 5.69 Å². The van der Waals surface area contributed by atoms with Crippen LogP contribution < -0.4 is 15.5 Å². The Morgan fingerprint density at radius 3 is 2.74 bits per heavy atom. The summed E-state index contributed by atoms with van der Waals surface area (Å²) in [6.45, 7) is 2.26. The predicted molar refractivity (Wildman–Crippen MR) is 106 cm³/mol. The van der Waals surface area contributed by atoms with Crippen molar-refractivity contribution in [3.05, 3.63) is 64.8 Å². The Hall–Kier alpha value is -2.99. The van der Waals surface area contributed by atoms with Gasteiger partial charge in [-0.15, -0.1) is 0 Å². The topological polar surface area (TPSA) is 77.2 Å². The first-order chi connectivity index (χ1) is 13.1. The molecular weight excluding hydrogens is 364 g/mol. The molecule has 138 valence electrons. The fraction of sp³-hybridized carbons (Fsp3) is 0.200. The van der Waals surface area contributed by atoms with Crippen LogP contribution in [-0.2, 0) is 11.3 Å². The van der Waals surface area contributed by atoms with Crippen LogP contribution in [0, 0.1) is 0 Å². The summed E-state index contributed by atoms with van der Waals surface area (Å²) in [4.78, 5) is 29.0. The molecule has 2 amide bonds.